The molecule has 1 amide bonds. The van der Waals surface area contributed by atoms with Gasteiger partial charge < -0.3 is 9.64 Å². The highest BCUT2D eigenvalue weighted by Crippen LogP contribution is 2.48. The first kappa shape index (κ1) is 12.2. The van der Waals surface area contributed by atoms with Crippen molar-refractivity contribution in [2.24, 2.45) is 11.3 Å². The van der Waals surface area contributed by atoms with Gasteiger partial charge in [-0.3, -0.25) is 4.79 Å². The Hall–Kier alpha value is -0.280. The molecule has 2 fully saturated rings. The van der Waals surface area contributed by atoms with Crippen molar-refractivity contribution in [2.75, 3.05) is 26.8 Å². The second-order valence-corrected chi connectivity index (χ2v) is 5.87. The summed E-state index contributed by atoms with van der Waals surface area (Å²) in [5.41, 5.74) is 0.218. The lowest BCUT2D eigenvalue weighted by atomic mass is 9.82. The number of amides is 1. The van der Waals surface area contributed by atoms with E-state index in [-0.39, 0.29) is 11.3 Å². The molecule has 3 nitrogen and oxygen atoms in total. The van der Waals surface area contributed by atoms with Gasteiger partial charge in [-0.25, -0.2) is 0 Å². The Kier molecular flexibility index (Phi) is 3.45. The van der Waals surface area contributed by atoms with Crippen molar-refractivity contribution in [3.05, 3.63) is 0 Å². The summed E-state index contributed by atoms with van der Waals surface area (Å²) in [4.78, 5) is 13.8. The van der Waals surface area contributed by atoms with E-state index >= 15 is 0 Å². The van der Waals surface area contributed by atoms with Gasteiger partial charge in [0.1, 0.15) is 5.38 Å². The highest BCUT2D eigenvalue weighted by Gasteiger charge is 2.50. The lowest BCUT2D eigenvalue weighted by molar-refractivity contribution is -0.130. The molecule has 0 unspecified atom stereocenters. The van der Waals surface area contributed by atoms with E-state index in [2.05, 4.69) is 0 Å². The van der Waals surface area contributed by atoms with Crippen molar-refractivity contribution in [3.8, 4) is 0 Å². The first-order valence-corrected chi connectivity index (χ1v) is 6.44. The van der Waals surface area contributed by atoms with E-state index < -0.39 is 5.38 Å². The van der Waals surface area contributed by atoms with Crippen LogP contribution in [-0.2, 0) is 9.53 Å². The van der Waals surface area contributed by atoms with Gasteiger partial charge in [-0.05, 0) is 25.7 Å². The van der Waals surface area contributed by atoms with Gasteiger partial charge in [0.05, 0.1) is 6.61 Å². The molecule has 1 saturated carbocycles. The Morgan fingerprint density at radius 3 is 3.06 bits per heavy atom. The maximum Gasteiger partial charge on any atom is 0.240 e. The molecule has 1 aliphatic carbocycles. The number of halogens is 1. The second kappa shape index (κ2) is 4.53. The number of likely N-dealkylation sites (tertiary alicyclic amines) is 1. The number of carbonyl (C=O) groups excluding carboxylic acids is 1. The summed E-state index contributed by atoms with van der Waals surface area (Å²) in [6.07, 6.45) is 3.68. The van der Waals surface area contributed by atoms with E-state index in [4.69, 9.17) is 16.3 Å². The minimum Gasteiger partial charge on any atom is -0.384 e. The largest absolute Gasteiger partial charge is 0.384 e. The number of carbonyl (C=O) groups is 1. The Morgan fingerprint density at radius 1 is 1.69 bits per heavy atom. The number of hydrogen-bond donors (Lipinski definition) is 0. The zero-order chi connectivity index (χ0) is 11.8. The van der Waals surface area contributed by atoms with Gasteiger partial charge >= 0.3 is 0 Å². The highest BCUT2D eigenvalue weighted by molar-refractivity contribution is 6.30. The molecule has 0 aromatic heterocycles. The minimum absolute atomic E-state index is 0.0755. The lowest BCUT2D eigenvalue weighted by Gasteiger charge is -2.27. The number of fused-ring (bicyclic) bond motifs is 1. The summed E-state index contributed by atoms with van der Waals surface area (Å²) >= 11 is 5.86. The molecule has 1 saturated heterocycles. The van der Waals surface area contributed by atoms with Crippen LogP contribution in [0.15, 0.2) is 0 Å². The van der Waals surface area contributed by atoms with E-state index in [1.54, 1.807) is 14.0 Å². The van der Waals surface area contributed by atoms with Crippen LogP contribution in [0.2, 0.25) is 0 Å². The van der Waals surface area contributed by atoms with Crippen LogP contribution in [0.3, 0.4) is 0 Å². The maximum absolute atomic E-state index is 11.9. The molecule has 0 aromatic rings. The molecule has 1 aliphatic heterocycles. The molecule has 0 N–H and O–H groups in total. The Morgan fingerprint density at radius 2 is 2.44 bits per heavy atom. The van der Waals surface area contributed by atoms with Crippen LogP contribution >= 0.6 is 11.6 Å². The smallest absolute Gasteiger partial charge is 0.240 e. The summed E-state index contributed by atoms with van der Waals surface area (Å²) in [5, 5.41) is -0.404. The summed E-state index contributed by atoms with van der Waals surface area (Å²) in [6, 6.07) is 0. The number of hydrogen-bond acceptors (Lipinski definition) is 2. The fraction of sp³-hybridized carbons (Fsp3) is 0.917. The molecule has 0 radical (unpaired) electrons. The van der Waals surface area contributed by atoms with Crippen LogP contribution in [0.4, 0.5) is 0 Å². The van der Waals surface area contributed by atoms with Gasteiger partial charge in [-0.2, -0.15) is 0 Å². The molecule has 4 heteroatoms. The average Bonchev–Trinajstić information content (AvgIpc) is 2.73. The van der Waals surface area contributed by atoms with Gasteiger partial charge in [0.25, 0.3) is 0 Å². The third-order valence-corrected chi connectivity index (χ3v) is 4.31. The highest BCUT2D eigenvalue weighted by atomic mass is 35.5. The first-order valence-electron chi connectivity index (χ1n) is 6.01. The zero-order valence-corrected chi connectivity index (χ0v) is 10.8. The molecule has 2 rings (SSSR count). The molecule has 3 atom stereocenters. The number of methoxy groups -OCH3 is 1. The summed E-state index contributed by atoms with van der Waals surface area (Å²) in [7, 11) is 1.75. The normalized spacial score (nSPS) is 35.2. The van der Waals surface area contributed by atoms with Gasteiger partial charge in [-0.15, -0.1) is 11.6 Å². The monoisotopic (exact) mass is 245 g/mol. The summed E-state index contributed by atoms with van der Waals surface area (Å²) in [6.45, 7) is 4.24. The van der Waals surface area contributed by atoms with Crippen molar-refractivity contribution in [1.82, 2.24) is 4.90 Å². The van der Waals surface area contributed by atoms with Crippen LogP contribution in [0.5, 0.6) is 0 Å². The summed E-state index contributed by atoms with van der Waals surface area (Å²) in [5.74, 6) is 0.693. The zero-order valence-electron chi connectivity index (χ0n) is 10.0. The average molecular weight is 246 g/mol. The van der Waals surface area contributed by atoms with Gasteiger partial charge in [0, 0.05) is 25.6 Å². The van der Waals surface area contributed by atoms with E-state index in [1.807, 2.05) is 4.90 Å². The van der Waals surface area contributed by atoms with Crippen molar-refractivity contribution >= 4 is 17.5 Å². The van der Waals surface area contributed by atoms with E-state index in [0.717, 1.165) is 19.7 Å². The predicted molar refractivity (Wildman–Crippen MR) is 63.5 cm³/mol. The number of nitrogens with zero attached hydrogens (tertiary/aromatic N) is 1. The van der Waals surface area contributed by atoms with Gasteiger partial charge in [0.2, 0.25) is 5.91 Å². The van der Waals surface area contributed by atoms with Crippen LogP contribution in [-0.4, -0.2) is 43.0 Å². The number of ether oxygens (including phenoxy) is 1. The Balaban J connectivity index is 2.07. The number of alkyl halides is 1. The molecular weight excluding hydrogens is 226 g/mol. The standard InChI is InChI=1S/C12H20ClNO2/c1-9(13)11(15)14-6-10-4-3-5-12(10,7-14)8-16-2/h9-10H,3-8H2,1-2H3/t9-,10-,12-/m1/s1. The predicted octanol–water partition coefficient (Wildman–Crippen LogP) is 1.89. The minimum atomic E-state index is -0.404. The van der Waals surface area contributed by atoms with Crippen LogP contribution in [0.1, 0.15) is 26.2 Å². The van der Waals surface area contributed by atoms with Crippen LogP contribution < -0.4 is 0 Å². The van der Waals surface area contributed by atoms with Crippen molar-refractivity contribution in [2.45, 2.75) is 31.6 Å². The Bertz CT molecular complexity index is 282. The van der Waals surface area contributed by atoms with Gasteiger partial charge in [0.15, 0.2) is 0 Å². The van der Waals surface area contributed by atoms with Crippen molar-refractivity contribution < 1.29 is 9.53 Å². The SMILES string of the molecule is COC[C@]12CCC[C@@H]1CN(C(=O)[C@@H](C)Cl)C2. The second-order valence-electron chi connectivity index (χ2n) is 5.22. The lowest BCUT2D eigenvalue weighted by Crippen LogP contribution is -2.37. The van der Waals surface area contributed by atoms with E-state index in [1.165, 1.54) is 19.3 Å². The molecule has 0 aromatic carbocycles. The van der Waals surface area contributed by atoms with Crippen molar-refractivity contribution in [1.29, 1.82) is 0 Å². The van der Waals surface area contributed by atoms with Crippen LogP contribution in [0, 0.1) is 11.3 Å². The molecule has 16 heavy (non-hydrogen) atoms. The van der Waals surface area contributed by atoms with Crippen molar-refractivity contribution in [3.63, 3.8) is 0 Å². The topological polar surface area (TPSA) is 29.5 Å². The molecular formula is C12H20ClNO2. The molecule has 1 heterocycles. The summed E-state index contributed by atoms with van der Waals surface area (Å²) < 4.78 is 5.35. The van der Waals surface area contributed by atoms with Gasteiger partial charge in [-0.1, -0.05) is 6.42 Å². The molecule has 0 bridgehead atoms. The maximum atomic E-state index is 11.9. The van der Waals surface area contributed by atoms with E-state index in [9.17, 15) is 4.79 Å². The fourth-order valence-electron chi connectivity index (χ4n) is 3.36. The molecule has 2 aliphatic rings. The van der Waals surface area contributed by atoms with Crippen LogP contribution in [0.25, 0.3) is 0 Å². The molecule has 92 valence electrons. The quantitative estimate of drug-likeness (QED) is 0.711. The fourth-order valence-corrected chi connectivity index (χ4v) is 3.50. The third kappa shape index (κ3) is 1.95. The first-order chi connectivity index (χ1) is 7.59. The number of rotatable bonds is 3. The molecule has 0 spiro atoms. The third-order valence-electron chi connectivity index (χ3n) is 4.12. The van der Waals surface area contributed by atoms with E-state index in [0.29, 0.717) is 5.92 Å². The Labute approximate surface area is 102 Å².